The molecule has 6 atom stereocenters. The summed E-state index contributed by atoms with van der Waals surface area (Å²) in [6, 6.07) is 2.37. The lowest BCUT2D eigenvalue weighted by Crippen LogP contribution is -2.50. The first-order chi connectivity index (χ1) is 20.9. The molecular weight excluding hydrogens is 599 g/mol. The number of hydrogen-bond donors (Lipinski definition) is 1. The van der Waals surface area contributed by atoms with Crippen LogP contribution in [0.2, 0.25) is 36.3 Å². The first-order valence-electron chi connectivity index (χ1n) is 18.5. The molecule has 262 valence electrons. The van der Waals surface area contributed by atoms with Crippen LogP contribution in [0, 0.1) is 34.5 Å². The van der Waals surface area contributed by atoms with Gasteiger partial charge in [-0.25, -0.2) is 0 Å². The van der Waals surface area contributed by atoms with Crippen LogP contribution < -0.4 is 0 Å². The normalized spacial score (nSPS) is 29.8. The summed E-state index contributed by atoms with van der Waals surface area (Å²) in [4.78, 5) is 0. The lowest BCUT2D eigenvalue weighted by atomic mass is 9.60. The Morgan fingerprint density at radius 3 is 1.96 bits per heavy atom. The minimum atomic E-state index is -2.09. The highest BCUT2D eigenvalue weighted by Gasteiger charge is 2.51. The maximum Gasteiger partial charge on any atom is 0.192 e. The third kappa shape index (κ3) is 9.38. The molecular formula is C40H71NO3Si2. The summed E-state index contributed by atoms with van der Waals surface area (Å²) in [6.07, 6.45) is 17.8. The van der Waals surface area contributed by atoms with E-state index in [2.05, 4.69) is 99.8 Å². The molecule has 3 rings (SSSR count). The molecule has 1 N–H and O–H groups in total. The fourth-order valence-corrected chi connectivity index (χ4v) is 10.7. The fraction of sp³-hybridized carbons (Fsp3) is 0.825. The molecule has 3 unspecified atom stereocenters. The average Bonchev–Trinajstić information content (AvgIpc) is 3.24. The molecule has 0 spiro atoms. The topological polar surface area (TPSA) is 62.5 Å². The molecule has 0 bridgehead atoms. The van der Waals surface area contributed by atoms with Crippen LogP contribution in [0.15, 0.2) is 34.9 Å². The molecule has 0 saturated heterocycles. The number of rotatable bonds is 10. The van der Waals surface area contributed by atoms with Crippen LogP contribution in [0.4, 0.5) is 0 Å². The van der Waals surface area contributed by atoms with Crippen molar-refractivity contribution < 1.29 is 14.0 Å². The van der Waals surface area contributed by atoms with E-state index in [1.165, 1.54) is 44.1 Å². The van der Waals surface area contributed by atoms with E-state index < -0.39 is 22.2 Å². The lowest BCUT2D eigenvalue weighted by Gasteiger charge is -2.46. The molecule has 6 heteroatoms. The van der Waals surface area contributed by atoms with Gasteiger partial charge in [0.15, 0.2) is 16.6 Å². The second-order valence-electron chi connectivity index (χ2n) is 19.3. The number of hydrogen-bond acceptors (Lipinski definition) is 4. The zero-order valence-corrected chi connectivity index (χ0v) is 34.4. The van der Waals surface area contributed by atoms with Gasteiger partial charge in [0, 0.05) is 6.08 Å². The second-order valence-corrected chi connectivity index (χ2v) is 28.8. The highest BCUT2D eigenvalue weighted by Crippen LogP contribution is 2.60. The van der Waals surface area contributed by atoms with Crippen LogP contribution in [-0.4, -0.2) is 39.6 Å². The summed E-state index contributed by atoms with van der Waals surface area (Å²) < 4.78 is 14.2. The van der Waals surface area contributed by atoms with E-state index in [1.54, 1.807) is 11.6 Å². The van der Waals surface area contributed by atoms with Crippen molar-refractivity contribution in [3.05, 3.63) is 34.9 Å². The van der Waals surface area contributed by atoms with Crippen molar-refractivity contribution in [2.75, 3.05) is 0 Å². The van der Waals surface area contributed by atoms with Gasteiger partial charge in [-0.05, 0) is 130 Å². The Balaban J connectivity index is 1.92. The molecule has 0 amide bonds. The van der Waals surface area contributed by atoms with Crippen molar-refractivity contribution in [1.82, 2.24) is 0 Å². The zero-order valence-electron chi connectivity index (χ0n) is 32.4. The third-order valence-electron chi connectivity index (χ3n) is 13.1. The lowest BCUT2D eigenvalue weighted by molar-refractivity contribution is 0.0596. The number of nitrogens with zero attached hydrogens (tertiary/aromatic N) is 1. The summed E-state index contributed by atoms with van der Waals surface area (Å²) in [7, 11) is -4.18. The standard InChI is InChI=1S/C40H71NO3Si2/c1-29(17-15-24-39(8,9)42)33-21-22-34-31(18-16-25-40(33,34)10)20-19-30-27-35(43-45(11,12)37(2,3)4)32(23-26-41)36(28-30)44-46(13,14)38(5,6)7/h19-20,23,29,33-36,42H,15-18,21-22,24-25,27-28H2,1-14H3/t29-,33?,34?,35+,36+,40?/m0/s1. The smallest absolute Gasteiger partial charge is 0.192 e. The first-order valence-corrected chi connectivity index (χ1v) is 24.3. The predicted molar refractivity (Wildman–Crippen MR) is 201 cm³/mol. The van der Waals surface area contributed by atoms with Crippen LogP contribution in [0.25, 0.3) is 0 Å². The quantitative estimate of drug-likeness (QED) is 0.186. The Morgan fingerprint density at radius 1 is 0.935 bits per heavy atom. The molecule has 3 aliphatic carbocycles. The van der Waals surface area contributed by atoms with Crippen LogP contribution in [0.1, 0.15) is 133 Å². The van der Waals surface area contributed by atoms with Gasteiger partial charge in [0.1, 0.15) is 0 Å². The van der Waals surface area contributed by atoms with Crippen LogP contribution in [0.5, 0.6) is 0 Å². The number of fused-ring (bicyclic) bond motifs is 1. The van der Waals surface area contributed by atoms with Crippen LogP contribution in [0.3, 0.4) is 0 Å². The van der Waals surface area contributed by atoms with E-state index in [4.69, 9.17) is 8.85 Å². The van der Waals surface area contributed by atoms with Crippen molar-refractivity contribution in [2.24, 2.45) is 23.2 Å². The molecule has 46 heavy (non-hydrogen) atoms. The van der Waals surface area contributed by atoms with E-state index in [-0.39, 0.29) is 22.3 Å². The molecule has 0 heterocycles. The summed E-state index contributed by atoms with van der Waals surface area (Å²) in [6.45, 7) is 32.0. The molecule has 0 aromatic heterocycles. The average molecular weight is 670 g/mol. The van der Waals surface area contributed by atoms with E-state index in [9.17, 15) is 10.4 Å². The van der Waals surface area contributed by atoms with Crippen LogP contribution >= 0.6 is 0 Å². The third-order valence-corrected chi connectivity index (χ3v) is 22.0. The second kappa shape index (κ2) is 14.5. The van der Waals surface area contributed by atoms with Crippen molar-refractivity contribution in [3.8, 4) is 6.07 Å². The maximum atomic E-state index is 10.2. The van der Waals surface area contributed by atoms with Gasteiger partial charge in [0.2, 0.25) is 0 Å². The van der Waals surface area contributed by atoms with Crippen LogP contribution in [-0.2, 0) is 8.85 Å². The van der Waals surface area contributed by atoms with E-state index in [0.29, 0.717) is 17.3 Å². The van der Waals surface area contributed by atoms with Gasteiger partial charge in [-0.2, -0.15) is 5.26 Å². The van der Waals surface area contributed by atoms with Gasteiger partial charge in [-0.15, -0.1) is 0 Å². The van der Waals surface area contributed by atoms with Gasteiger partial charge in [-0.1, -0.05) is 91.5 Å². The Labute approximate surface area is 286 Å². The van der Waals surface area contributed by atoms with E-state index in [1.807, 2.05) is 13.8 Å². The molecule has 3 aliphatic rings. The largest absolute Gasteiger partial charge is 0.410 e. The Morgan fingerprint density at radius 2 is 1.48 bits per heavy atom. The molecule has 0 radical (unpaired) electrons. The summed E-state index contributed by atoms with van der Waals surface area (Å²) in [5.41, 5.74) is 3.90. The van der Waals surface area contributed by atoms with Gasteiger partial charge in [0.25, 0.3) is 0 Å². The predicted octanol–water partition coefficient (Wildman–Crippen LogP) is 11.7. The molecule has 3 saturated carbocycles. The Kier molecular flexibility index (Phi) is 12.4. The number of nitriles is 1. The minimum Gasteiger partial charge on any atom is -0.410 e. The summed E-state index contributed by atoms with van der Waals surface area (Å²) >= 11 is 0. The summed E-state index contributed by atoms with van der Waals surface area (Å²) in [5.74, 6) is 2.12. The summed E-state index contributed by atoms with van der Waals surface area (Å²) in [5, 5.41) is 20.3. The number of aliphatic hydroxyl groups is 1. The van der Waals surface area contributed by atoms with Crippen molar-refractivity contribution in [3.63, 3.8) is 0 Å². The fourth-order valence-electron chi connectivity index (χ4n) is 8.18. The van der Waals surface area contributed by atoms with E-state index in [0.717, 1.165) is 37.2 Å². The molecule has 0 aliphatic heterocycles. The minimum absolute atomic E-state index is 0.0842. The Bertz CT molecular complexity index is 1140. The monoisotopic (exact) mass is 669 g/mol. The first kappa shape index (κ1) is 39.5. The molecule has 0 aromatic rings. The van der Waals surface area contributed by atoms with Crippen molar-refractivity contribution in [1.29, 1.82) is 5.26 Å². The highest BCUT2D eigenvalue weighted by molar-refractivity contribution is 6.74. The molecule has 3 fully saturated rings. The highest BCUT2D eigenvalue weighted by atomic mass is 28.4. The van der Waals surface area contributed by atoms with Gasteiger partial charge >= 0.3 is 0 Å². The molecule has 0 aromatic carbocycles. The van der Waals surface area contributed by atoms with E-state index >= 15 is 0 Å². The van der Waals surface area contributed by atoms with Gasteiger partial charge in [-0.3, -0.25) is 0 Å². The SMILES string of the molecule is C[C@@H](CCCC(C)(C)O)C1CCC2C(=CC=C3C[C@@H](O[Si](C)(C)C(C)(C)C)C(=CC#N)[C@H](O[Si](C)(C)C(C)(C)C)C3)CCCC21C. The van der Waals surface area contributed by atoms with Gasteiger partial charge in [0.05, 0.1) is 23.9 Å². The number of allylic oxidation sites excluding steroid dienone is 4. The molecule has 4 nitrogen and oxygen atoms in total. The zero-order chi connectivity index (χ0) is 34.9. The Hall–Kier alpha value is -0.976. The van der Waals surface area contributed by atoms with Crippen molar-refractivity contribution in [2.45, 2.75) is 188 Å². The maximum absolute atomic E-state index is 10.2. The van der Waals surface area contributed by atoms with Crippen molar-refractivity contribution >= 4 is 16.6 Å². The van der Waals surface area contributed by atoms with Gasteiger partial charge < -0.3 is 14.0 Å².